The van der Waals surface area contributed by atoms with Crippen LogP contribution in [0.2, 0.25) is 77.1 Å². The van der Waals surface area contributed by atoms with E-state index >= 15 is 4.39 Å². The third-order valence-corrected chi connectivity index (χ3v) is 14.9. The van der Waals surface area contributed by atoms with E-state index in [1.54, 1.807) is 24.0 Å². The highest BCUT2D eigenvalue weighted by molar-refractivity contribution is 6.76. The van der Waals surface area contributed by atoms with Crippen LogP contribution in [0.15, 0.2) is 30.3 Å². The minimum absolute atomic E-state index is 0.0187. The van der Waals surface area contributed by atoms with Crippen LogP contribution >= 0.6 is 0 Å². The van der Waals surface area contributed by atoms with E-state index < -0.39 is 30.0 Å². The summed E-state index contributed by atoms with van der Waals surface area (Å²) < 4.78 is 43.6. The molecule has 2 aromatic carbocycles. The average molecular weight is 796 g/mol. The number of benzene rings is 2. The third kappa shape index (κ3) is 11.0. The Kier molecular flexibility index (Phi) is 13.5. The lowest BCUT2D eigenvalue weighted by Crippen LogP contribution is -2.24. The van der Waals surface area contributed by atoms with Gasteiger partial charge in [0, 0.05) is 56.4 Å². The second kappa shape index (κ2) is 17.3. The van der Waals surface area contributed by atoms with E-state index in [4.69, 9.17) is 29.0 Å². The molecule has 1 aliphatic heterocycles. The summed E-state index contributed by atoms with van der Waals surface area (Å²) in [5, 5.41) is 6.06. The van der Waals surface area contributed by atoms with Crippen molar-refractivity contribution in [2.45, 2.75) is 124 Å². The Bertz CT molecular complexity index is 1930. The molecule has 1 amide bonds. The zero-order chi connectivity index (χ0) is 39.4. The monoisotopic (exact) mass is 795 g/mol. The zero-order valence-corrected chi connectivity index (χ0v) is 37.5. The van der Waals surface area contributed by atoms with Crippen molar-refractivity contribution in [1.29, 1.82) is 0 Å². The number of carbonyl (C=O) groups is 1. The number of carbonyl (C=O) groups excluding carboxylic acids is 1. The molecule has 0 aliphatic carbocycles. The van der Waals surface area contributed by atoms with Crippen molar-refractivity contribution in [3.63, 3.8) is 0 Å². The molecule has 0 saturated heterocycles. The summed E-state index contributed by atoms with van der Waals surface area (Å²) in [6, 6.07) is 12.6. The molecule has 3 heterocycles. The molecular weight excluding hydrogens is 734 g/mol. The lowest BCUT2D eigenvalue weighted by Gasteiger charge is -2.18. The lowest BCUT2D eigenvalue weighted by molar-refractivity contribution is -0.129. The Hall–Kier alpha value is -3.15. The summed E-state index contributed by atoms with van der Waals surface area (Å²) >= 11 is 0. The predicted octanol–water partition coefficient (Wildman–Crippen LogP) is 9.45. The summed E-state index contributed by atoms with van der Waals surface area (Å²) in [7, 11) is -3.82. The first-order valence-corrected chi connectivity index (χ1v) is 30.5. The molecule has 2 aromatic heterocycles. The van der Waals surface area contributed by atoms with Gasteiger partial charge in [-0.15, -0.1) is 0 Å². The summed E-state index contributed by atoms with van der Waals surface area (Å²) in [4.78, 5) is 19.3. The Morgan fingerprint density at radius 1 is 0.833 bits per heavy atom. The number of aryl methyl sites for hydroxylation is 1. The number of imidazole rings is 1. The molecule has 1 aliphatic rings. The number of rotatable bonds is 19. The average Bonchev–Trinajstić information content (AvgIpc) is 3.75. The Morgan fingerprint density at radius 3 is 2.07 bits per heavy atom. The van der Waals surface area contributed by atoms with Gasteiger partial charge < -0.3 is 28.4 Å². The van der Waals surface area contributed by atoms with Crippen molar-refractivity contribution in [3.05, 3.63) is 53.1 Å². The minimum atomic E-state index is -1.30. The van der Waals surface area contributed by atoms with Crippen LogP contribution in [0.3, 0.4) is 0 Å². The highest BCUT2D eigenvalue weighted by Crippen LogP contribution is 2.37. The van der Waals surface area contributed by atoms with Gasteiger partial charge in [-0.25, -0.2) is 14.1 Å². The molecule has 0 radical (unpaired) electrons. The van der Waals surface area contributed by atoms with Crippen molar-refractivity contribution >= 4 is 41.0 Å². The smallest absolute Gasteiger partial charge is 0.220 e. The summed E-state index contributed by atoms with van der Waals surface area (Å²) in [6.07, 6.45) is 0.697. The fraction of sp³-hybridized carbons (Fsp3) is 0.575. The van der Waals surface area contributed by atoms with Crippen LogP contribution in [-0.4, -0.2) is 81.0 Å². The largest absolute Gasteiger partial charge is 0.464 e. The molecule has 0 bridgehead atoms. The van der Waals surface area contributed by atoms with Gasteiger partial charge in [0.2, 0.25) is 5.91 Å². The number of aromatic nitrogens is 4. The van der Waals surface area contributed by atoms with E-state index in [0.29, 0.717) is 51.9 Å². The number of hydrogen-bond acceptors (Lipinski definition) is 7. The van der Waals surface area contributed by atoms with Gasteiger partial charge >= 0.3 is 0 Å². The van der Waals surface area contributed by atoms with Gasteiger partial charge in [0.05, 0.1) is 30.0 Å². The second-order valence-electron chi connectivity index (χ2n) is 18.2. The third-order valence-electron chi connectivity index (χ3n) is 9.82. The van der Waals surface area contributed by atoms with Crippen LogP contribution in [0.1, 0.15) is 30.8 Å². The fourth-order valence-electron chi connectivity index (χ4n) is 6.28. The van der Waals surface area contributed by atoms with Gasteiger partial charge in [-0.1, -0.05) is 71.9 Å². The van der Waals surface area contributed by atoms with Gasteiger partial charge in [0.15, 0.2) is 24.2 Å². The van der Waals surface area contributed by atoms with Gasteiger partial charge in [0.1, 0.15) is 19.2 Å². The van der Waals surface area contributed by atoms with Crippen LogP contribution in [0.25, 0.3) is 33.5 Å². The fourth-order valence-corrected chi connectivity index (χ4v) is 8.55. The highest BCUT2D eigenvalue weighted by Gasteiger charge is 2.31. The van der Waals surface area contributed by atoms with Crippen molar-refractivity contribution in [2.24, 2.45) is 0 Å². The first-order valence-electron chi connectivity index (χ1n) is 19.4. The topological polar surface area (TPSA) is 92.9 Å². The first kappa shape index (κ1) is 42.0. The summed E-state index contributed by atoms with van der Waals surface area (Å²) in [5.74, 6) is 0.503. The molecule has 0 N–H and O–H groups in total. The first-order chi connectivity index (χ1) is 25.3. The predicted molar refractivity (Wildman–Crippen MR) is 223 cm³/mol. The molecule has 0 fully saturated rings. The van der Waals surface area contributed by atoms with Crippen LogP contribution in [0.5, 0.6) is 5.75 Å². The molecule has 296 valence electrons. The van der Waals surface area contributed by atoms with Crippen LogP contribution in [0, 0.1) is 5.82 Å². The molecular formula is C40H62FN5O5Si3. The van der Waals surface area contributed by atoms with Crippen molar-refractivity contribution < 1.29 is 28.1 Å². The molecule has 14 heteroatoms. The van der Waals surface area contributed by atoms with Crippen LogP contribution in [0.4, 0.5) is 4.39 Å². The molecule has 0 spiro atoms. The number of halogens is 1. The minimum Gasteiger partial charge on any atom is -0.464 e. The Labute approximate surface area is 324 Å². The number of hydrogen-bond donors (Lipinski definition) is 0. The zero-order valence-electron chi connectivity index (χ0n) is 34.5. The van der Waals surface area contributed by atoms with Gasteiger partial charge in [-0.05, 0) is 65.5 Å². The van der Waals surface area contributed by atoms with E-state index in [1.807, 2.05) is 10.7 Å². The molecule has 5 rings (SSSR count). The van der Waals surface area contributed by atoms with Gasteiger partial charge in [0.25, 0.3) is 0 Å². The molecule has 4 aromatic rings. The second-order valence-corrected chi connectivity index (χ2v) is 35.0. The highest BCUT2D eigenvalue weighted by atomic mass is 28.3. The number of ether oxygens (including phenoxy) is 4. The van der Waals surface area contributed by atoms with Crippen molar-refractivity contribution in [1.82, 2.24) is 24.2 Å². The molecule has 0 saturated carbocycles. The van der Waals surface area contributed by atoms with Crippen LogP contribution in [-0.2, 0) is 52.0 Å². The molecule has 0 atom stereocenters. The van der Waals surface area contributed by atoms with E-state index in [1.165, 1.54) is 0 Å². The summed E-state index contributed by atoms with van der Waals surface area (Å²) in [5.41, 5.74) is 6.10. The lowest BCUT2D eigenvalue weighted by atomic mass is 9.96. The molecule has 10 nitrogen and oxygen atoms in total. The quantitative estimate of drug-likeness (QED) is 0.0531. The maximum absolute atomic E-state index is 15.6. The van der Waals surface area contributed by atoms with Gasteiger partial charge in [-0.2, -0.15) is 5.10 Å². The van der Waals surface area contributed by atoms with Gasteiger partial charge in [-0.3, -0.25) is 4.79 Å². The number of amides is 1. The maximum Gasteiger partial charge on any atom is 0.220 e. The van der Waals surface area contributed by atoms with Crippen molar-refractivity contribution in [3.8, 4) is 28.4 Å². The van der Waals surface area contributed by atoms with E-state index in [0.717, 1.165) is 62.8 Å². The van der Waals surface area contributed by atoms with Crippen LogP contribution < -0.4 is 4.74 Å². The van der Waals surface area contributed by atoms with E-state index in [9.17, 15) is 4.79 Å². The maximum atomic E-state index is 15.6. The van der Waals surface area contributed by atoms with E-state index in [-0.39, 0.29) is 25.2 Å². The normalized spacial score (nSPS) is 13.7. The molecule has 0 unspecified atom stereocenters. The SMILES string of the molecule is CCc1cc(OCOCC[Si](C)(C)C)c(F)cc1-c1ccc2c(-c3nc4c(n3COCC[Si](C)(C)C)CN(C(C)=O)C4)nn(COCC[Si](C)(C)C)c2c1. The van der Waals surface area contributed by atoms with E-state index in [2.05, 4.69) is 82.5 Å². The summed E-state index contributed by atoms with van der Waals surface area (Å²) in [6.45, 7) is 28.1. The van der Waals surface area contributed by atoms with Crippen molar-refractivity contribution in [2.75, 3.05) is 26.6 Å². The number of fused-ring (bicyclic) bond motifs is 2. The number of nitrogens with zero attached hydrogens (tertiary/aromatic N) is 5. The Balaban J connectivity index is 1.51. The Morgan fingerprint density at radius 2 is 1.46 bits per heavy atom. The standard InChI is InChI=1S/C40H62FN5O5Si3/c1-12-30-22-38(51-28-50-17-20-54(9,10)11)34(41)23-33(30)31-13-14-32-36(21-31)46(27-49-16-19-53(6,7)8)43-39(32)40-42-35-24-44(29(2)47)25-37(35)45(40)26-48-15-18-52(3,4)5/h13-14,21-23H,12,15-20,24-28H2,1-11H3. The molecule has 54 heavy (non-hydrogen) atoms.